The van der Waals surface area contributed by atoms with E-state index in [1.165, 1.54) is 31.9 Å². The molecule has 0 radical (unpaired) electrons. The van der Waals surface area contributed by atoms with Gasteiger partial charge in [0.15, 0.2) is 8.07 Å². The normalized spacial score (nSPS) is 13.5. The Morgan fingerprint density at radius 3 is 1.93 bits per heavy atom. The average Bonchev–Trinajstić information content (AvgIpc) is 3.60. The highest BCUT2D eigenvalue weighted by atomic mass is 28.3. The van der Waals surface area contributed by atoms with Gasteiger partial charge < -0.3 is 4.42 Å². The van der Waals surface area contributed by atoms with Crippen LogP contribution in [0.25, 0.3) is 33.2 Å². The molecule has 0 saturated carbocycles. The Bertz CT molecular complexity index is 2770. The van der Waals surface area contributed by atoms with Crippen molar-refractivity contribution in [3.05, 3.63) is 199 Å². The number of anilines is 3. The smallest absolute Gasteiger partial charge is 0.179 e. The largest absolute Gasteiger partial charge is 0.456 e. The van der Waals surface area contributed by atoms with Gasteiger partial charge in [0.05, 0.1) is 11.4 Å². The van der Waals surface area contributed by atoms with Crippen molar-refractivity contribution in [3.8, 4) is 11.3 Å². The molecule has 0 saturated heterocycles. The lowest BCUT2D eigenvalue weighted by atomic mass is 9.74. The first-order chi connectivity index (χ1) is 26.5. The van der Waals surface area contributed by atoms with Gasteiger partial charge in [-0.1, -0.05) is 141 Å². The molecule has 54 heavy (non-hydrogen) atoms. The molecule has 3 aromatic heterocycles. The lowest BCUT2D eigenvalue weighted by Crippen LogP contribution is -2.74. The molecule has 4 heterocycles. The second-order valence-corrected chi connectivity index (χ2v) is 18.4. The molecule has 6 aromatic carbocycles. The molecule has 0 amide bonds. The molecule has 0 unspecified atom stereocenters. The third-order valence-corrected chi connectivity index (χ3v) is 16.0. The highest BCUT2D eigenvalue weighted by molar-refractivity contribution is 7.20. The van der Waals surface area contributed by atoms with Gasteiger partial charge in [-0.25, -0.2) is 4.98 Å². The third kappa shape index (κ3) is 4.89. The summed E-state index contributed by atoms with van der Waals surface area (Å²) in [6.07, 6.45) is 3.78. The molecule has 0 bridgehead atoms. The zero-order valence-electron chi connectivity index (χ0n) is 30.1. The lowest BCUT2D eigenvalue weighted by molar-refractivity contribution is 0.622. The van der Waals surface area contributed by atoms with E-state index in [-0.39, 0.29) is 5.41 Å². The van der Waals surface area contributed by atoms with Gasteiger partial charge in [-0.15, -0.1) is 0 Å². The first kappa shape index (κ1) is 32.1. The molecule has 1 aliphatic rings. The molecule has 4 nitrogen and oxygen atoms in total. The molecule has 5 heteroatoms. The number of fused-ring (bicyclic) bond motifs is 5. The first-order valence-corrected chi connectivity index (χ1v) is 20.5. The fourth-order valence-corrected chi connectivity index (χ4v) is 13.5. The quantitative estimate of drug-likeness (QED) is 0.127. The van der Waals surface area contributed by atoms with E-state index in [2.05, 4.69) is 183 Å². The predicted molar refractivity (Wildman–Crippen MR) is 225 cm³/mol. The zero-order chi connectivity index (χ0) is 36.3. The van der Waals surface area contributed by atoms with E-state index < -0.39 is 8.07 Å². The summed E-state index contributed by atoms with van der Waals surface area (Å²) in [6, 6.07) is 63.8. The van der Waals surface area contributed by atoms with Crippen LogP contribution in [-0.4, -0.2) is 18.0 Å². The minimum atomic E-state index is -2.93. The highest BCUT2D eigenvalue weighted by Gasteiger charge is 2.43. The maximum Gasteiger partial charge on any atom is 0.179 e. The number of furan rings is 1. The Balaban J connectivity index is 1.26. The second kappa shape index (κ2) is 12.5. The molecule has 0 atom stereocenters. The summed E-state index contributed by atoms with van der Waals surface area (Å²) in [6.45, 7) is 4.60. The van der Waals surface area contributed by atoms with Crippen LogP contribution in [0.5, 0.6) is 0 Å². The van der Waals surface area contributed by atoms with Gasteiger partial charge in [-0.3, -0.25) is 9.88 Å². The second-order valence-electron chi connectivity index (χ2n) is 14.6. The van der Waals surface area contributed by atoms with Crippen molar-refractivity contribution in [2.75, 3.05) is 4.90 Å². The van der Waals surface area contributed by atoms with Crippen molar-refractivity contribution in [2.45, 2.75) is 19.3 Å². The monoisotopic (exact) mass is 711 g/mol. The van der Waals surface area contributed by atoms with E-state index in [9.17, 15) is 0 Å². The SMILES string of the molecule is CC1(C)c2cc3oc4ccccc4c3cc2N(c2cccc([Si](c3ccccc3)(c3ccccc3)c3cccc(-c4ccccn4)c3)c2)c2ncccc21. The van der Waals surface area contributed by atoms with Crippen molar-refractivity contribution in [1.82, 2.24) is 9.97 Å². The number of hydrogen-bond donors (Lipinski definition) is 0. The van der Waals surface area contributed by atoms with Crippen LogP contribution in [0.15, 0.2) is 193 Å². The molecule has 258 valence electrons. The molecule has 0 fully saturated rings. The minimum Gasteiger partial charge on any atom is -0.456 e. The van der Waals surface area contributed by atoms with Crippen LogP contribution in [0.4, 0.5) is 17.2 Å². The average molecular weight is 712 g/mol. The minimum absolute atomic E-state index is 0.307. The number of para-hydroxylation sites is 1. The Labute approximate surface area is 316 Å². The fourth-order valence-electron chi connectivity index (χ4n) is 8.73. The molecule has 1 aliphatic heterocycles. The summed E-state index contributed by atoms with van der Waals surface area (Å²) in [5.41, 5.74) is 8.13. The molecular formula is C49H37N3OSi. The summed E-state index contributed by atoms with van der Waals surface area (Å²) in [5, 5.41) is 7.43. The van der Waals surface area contributed by atoms with Gasteiger partial charge in [0.2, 0.25) is 0 Å². The van der Waals surface area contributed by atoms with Crippen LogP contribution >= 0.6 is 0 Å². The summed E-state index contributed by atoms with van der Waals surface area (Å²) in [7, 11) is -2.93. The van der Waals surface area contributed by atoms with E-state index in [1.54, 1.807) is 0 Å². The van der Waals surface area contributed by atoms with Crippen LogP contribution in [-0.2, 0) is 5.41 Å². The summed E-state index contributed by atoms with van der Waals surface area (Å²) in [4.78, 5) is 12.2. The van der Waals surface area contributed by atoms with Crippen LogP contribution < -0.4 is 25.6 Å². The van der Waals surface area contributed by atoms with Gasteiger partial charge in [-0.05, 0) is 74.8 Å². The van der Waals surface area contributed by atoms with Crippen LogP contribution in [0.3, 0.4) is 0 Å². The van der Waals surface area contributed by atoms with Crippen molar-refractivity contribution < 1.29 is 4.42 Å². The van der Waals surface area contributed by atoms with E-state index >= 15 is 0 Å². The standard InChI is InChI=1S/C49H37N3OSi/c1-49(2)42-25-15-29-51-48(42)52(45-32-41-40-24-9-10-27-46(40)53-47(41)33-43(45)49)35-17-14-23-39(31-35)54(36-18-5-3-6-19-36,37-20-7-4-8-21-37)38-22-13-16-34(30-38)44-26-11-12-28-50-44/h3-33H,1-2H3. The lowest BCUT2D eigenvalue weighted by Gasteiger charge is -2.41. The van der Waals surface area contributed by atoms with Gasteiger partial charge in [0, 0.05) is 45.4 Å². The van der Waals surface area contributed by atoms with Crippen molar-refractivity contribution in [2.24, 2.45) is 0 Å². The highest BCUT2D eigenvalue weighted by Crippen LogP contribution is 2.52. The third-order valence-electron chi connectivity index (χ3n) is 11.3. The van der Waals surface area contributed by atoms with E-state index in [4.69, 9.17) is 14.4 Å². The molecule has 10 rings (SSSR count). The molecule has 0 spiro atoms. The molecule has 9 aromatic rings. The van der Waals surface area contributed by atoms with E-state index in [1.807, 2.05) is 24.5 Å². The maximum absolute atomic E-state index is 6.46. The van der Waals surface area contributed by atoms with Crippen LogP contribution in [0, 0.1) is 0 Å². The van der Waals surface area contributed by atoms with Gasteiger partial charge in [0.25, 0.3) is 0 Å². The van der Waals surface area contributed by atoms with E-state index in [0.29, 0.717) is 0 Å². The van der Waals surface area contributed by atoms with Crippen molar-refractivity contribution >= 4 is 68.0 Å². The Hall–Kier alpha value is -6.56. The molecule has 0 N–H and O–H groups in total. The summed E-state index contributed by atoms with van der Waals surface area (Å²) >= 11 is 0. The predicted octanol–water partition coefficient (Wildman–Crippen LogP) is 9.53. The van der Waals surface area contributed by atoms with Crippen molar-refractivity contribution in [3.63, 3.8) is 0 Å². The maximum atomic E-state index is 6.46. The Kier molecular flexibility index (Phi) is 7.46. The number of nitrogens with zero attached hydrogens (tertiary/aromatic N) is 3. The Morgan fingerprint density at radius 1 is 0.500 bits per heavy atom. The molecular weight excluding hydrogens is 675 g/mol. The summed E-state index contributed by atoms with van der Waals surface area (Å²) in [5.74, 6) is 0.947. The Morgan fingerprint density at radius 2 is 1.17 bits per heavy atom. The van der Waals surface area contributed by atoms with Crippen LogP contribution in [0.1, 0.15) is 25.0 Å². The van der Waals surface area contributed by atoms with E-state index in [0.717, 1.165) is 50.4 Å². The van der Waals surface area contributed by atoms with Gasteiger partial charge >= 0.3 is 0 Å². The summed E-state index contributed by atoms with van der Waals surface area (Å²) < 4.78 is 6.46. The van der Waals surface area contributed by atoms with Crippen molar-refractivity contribution in [1.29, 1.82) is 0 Å². The van der Waals surface area contributed by atoms with Gasteiger partial charge in [0.1, 0.15) is 17.0 Å². The number of rotatable bonds is 6. The number of benzene rings is 6. The first-order valence-electron chi connectivity index (χ1n) is 18.5. The number of hydrogen-bond acceptors (Lipinski definition) is 4. The topological polar surface area (TPSA) is 42.2 Å². The fraction of sp³-hybridized carbons (Fsp3) is 0.0612. The number of aromatic nitrogens is 2. The zero-order valence-corrected chi connectivity index (χ0v) is 31.1. The van der Waals surface area contributed by atoms with Gasteiger partial charge in [-0.2, -0.15) is 0 Å². The number of pyridine rings is 2. The van der Waals surface area contributed by atoms with Crippen LogP contribution in [0.2, 0.25) is 0 Å². The molecule has 0 aliphatic carbocycles.